The Hall–Kier alpha value is -0.700. The largest absolute Gasteiger partial charge is 0.396 e. The van der Waals surface area contributed by atoms with Crippen molar-refractivity contribution in [2.75, 3.05) is 13.2 Å². The topological polar surface area (TPSA) is 90.5 Å². The van der Waals surface area contributed by atoms with Crippen LogP contribution < -0.4 is 4.87 Å². The highest BCUT2D eigenvalue weighted by Gasteiger charge is 2.35. The van der Waals surface area contributed by atoms with Gasteiger partial charge in [-0.2, -0.15) is 4.31 Å². The molecule has 0 amide bonds. The van der Waals surface area contributed by atoms with Gasteiger partial charge in [-0.05, 0) is 26.2 Å². The highest BCUT2D eigenvalue weighted by molar-refractivity contribution is 7.91. The molecule has 0 saturated carbocycles. The normalized spacial score (nSPS) is 21.7. The Morgan fingerprint density at radius 1 is 1.47 bits per heavy atom. The summed E-state index contributed by atoms with van der Waals surface area (Å²) in [5, 5.41) is 9.06. The maximum atomic E-state index is 12.6. The van der Waals surface area contributed by atoms with Crippen molar-refractivity contribution in [2.24, 2.45) is 0 Å². The predicted molar refractivity (Wildman–Crippen MR) is 72.9 cm³/mol. The minimum atomic E-state index is -3.63. The van der Waals surface area contributed by atoms with Gasteiger partial charge in [0.1, 0.15) is 0 Å². The third kappa shape index (κ3) is 2.91. The first-order chi connectivity index (χ1) is 8.96. The summed E-state index contributed by atoms with van der Waals surface area (Å²) in [5.41, 5.74) is 0.392. The zero-order valence-corrected chi connectivity index (χ0v) is 12.4. The van der Waals surface area contributed by atoms with Crippen LogP contribution in [0.25, 0.3) is 0 Å². The molecular weight excluding hydrogens is 288 g/mol. The third-order valence-electron chi connectivity index (χ3n) is 3.36. The van der Waals surface area contributed by atoms with Gasteiger partial charge in [-0.3, -0.25) is 4.79 Å². The number of H-pyrrole nitrogens is 1. The predicted octanol–water partition coefficient (Wildman–Crippen LogP) is 0.670. The molecule has 19 heavy (non-hydrogen) atoms. The molecule has 108 valence electrons. The summed E-state index contributed by atoms with van der Waals surface area (Å²) in [6, 6.07) is -0.166. The van der Waals surface area contributed by atoms with Crippen LogP contribution in [-0.4, -0.2) is 42.0 Å². The van der Waals surface area contributed by atoms with Crippen molar-refractivity contribution in [2.45, 2.75) is 42.9 Å². The number of aliphatic hydroxyl groups excluding tert-OH is 1. The number of aryl methyl sites for hydroxylation is 1. The number of nitrogens with zero attached hydrogens (tertiary/aromatic N) is 1. The Morgan fingerprint density at radius 2 is 2.21 bits per heavy atom. The standard InChI is InChI=1S/C11H18N2O4S2/c1-8-10(18-11(15)12-8)19(16,17)13-6-3-2-4-9(13)5-7-14/h9,14H,2-7H2,1H3,(H,12,15). The van der Waals surface area contributed by atoms with E-state index in [1.54, 1.807) is 6.92 Å². The third-order valence-corrected chi connectivity index (χ3v) is 6.89. The fourth-order valence-corrected chi connectivity index (χ4v) is 5.61. The number of nitrogens with one attached hydrogen (secondary N) is 1. The minimum Gasteiger partial charge on any atom is -0.396 e. The molecule has 1 unspecified atom stereocenters. The number of rotatable bonds is 4. The summed E-state index contributed by atoms with van der Waals surface area (Å²) in [6.07, 6.45) is 2.99. The van der Waals surface area contributed by atoms with Gasteiger partial charge in [0.25, 0.3) is 10.0 Å². The van der Waals surface area contributed by atoms with Gasteiger partial charge >= 0.3 is 4.87 Å². The summed E-state index contributed by atoms with van der Waals surface area (Å²) >= 11 is 0.732. The van der Waals surface area contributed by atoms with Crippen LogP contribution in [-0.2, 0) is 10.0 Å². The van der Waals surface area contributed by atoms with Gasteiger partial charge in [0.05, 0.1) is 0 Å². The van der Waals surface area contributed by atoms with Crippen LogP contribution in [0.15, 0.2) is 9.00 Å². The minimum absolute atomic E-state index is 0.0287. The monoisotopic (exact) mass is 306 g/mol. The summed E-state index contributed by atoms with van der Waals surface area (Å²) in [6.45, 7) is 2.02. The van der Waals surface area contributed by atoms with E-state index in [0.29, 0.717) is 18.7 Å². The molecule has 1 aromatic heterocycles. The molecule has 2 N–H and O–H groups in total. The maximum absolute atomic E-state index is 12.6. The van der Waals surface area contributed by atoms with E-state index in [9.17, 15) is 13.2 Å². The van der Waals surface area contributed by atoms with Crippen molar-refractivity contribution in [1.82, 2.24) is 9.29 Å². The number of hydrogen-bond donors (Lipinski definition) is 2. The number of aromatic nitrogens is 1. The van der Waals surface area contributed by atoms with Crippen molar-refractivity contribution in [3.8, 4) is 0 Å². The van der Waals surface area contributed by atoms with E-state index in [1.807, 2.05) is 0 Å². The first kappa shape index (κ1) is 14.7. The number of hydrogen-bond acceptors (Lipinski definition) is 5. The fourth-order valence-electron chi connectivity index (χ4n) is 2.47. The Kier molecular flexibility index (Phi) is 4.44. The second-order valence-corrected chi connectivity index (χ2v) is 7.77. The molecular formula is C11H18N2O4S2. The smallest absolute Gasteiger partial charge is 0.305 e. The van der Waals surface area contributed by atoms with E-state index in [-0.39, 0.29) is 21.7 Å². The molecule has 8 heteroatoms. The molecule has 0 radical (unpaired) electrons. The van der Waals surface area contributed by atoms with E-state index in [1.165, 1.54) is 4.31 Å². The molecule has 1 atom stereocenters. The van der Waals surface area contributed by atoms with Gasteiger partial charge in [-0.15, -0.1) is 0 Å². The molecule has 6 nitrogen and oxygen atoms in total. The van der Waals surface area contributed by atoms with Gasteiger partial charge in [-0.25, -0.2) is 8.42 Å². The van der Waals surface area contributed by atoms with Crippen LogP contribution >= 0.6 is 11.3 Å². The van der Waals surface area contributed by atoms with Gasteiger partial charge in [0, 0.05) is 24.9 Å². The molecule has 1 aliphatic rings. The fraction of sp³-hybridized carbons (Fsp3) is 0.727. The summed E-state index contributed by atoms with van der Waals surface area (Å²) in [7, 11) is -3.63. The lowest BCUT2D eigenvalue weighted by atomic mass is 10.0. The lowest BCUT2D eigenvalue weighted by Crippen LogP contribution is -2.44. The van der Waals surface area contributed by atoms with Crippen LogP contribution in [0.5, 0.6) is 0 Å². The molecule has 1 fully saturated rings. The second-order valence-electron chi connectivity index (χ2n) is 4.70. The molecule has 0 bridgehead atoms. The van der Waals surface area contributed by atoms with Crippen molar-refractivity contribution < 1.29 is 13.5 Å². The number of aliphatic hydroxyl groups is 1. The average molecular weight is 306 g/mol. The molecule has 2 rings (SSSR count). The van der Waals surface area contributed by atoms with Crippen LogP contribution in [0.2, 0.25) is 0 Å². The van der Waals surface area contributed by atoms with Crippen LogP contribution in [0.1, 0.15) is 31.4 Å². The van der Waals surface area contributed by atoms with E-state index in [2.05, 4.69) is 4.98 Å². The SMILES string of the molecule is Cc1[nH]c(=O)sc1S(=O)(=O)N1CCCCC1CCO. The average Bonchev–Trinajstić information content (AvgIpc) is 2.70. The van der Waals surface area contributed by atoms with Crippen LogP contribution in [0.4, 0.5) is 0 Å². The molecule has 1 aliphatic heterocycles. The molecule has 1 aromatic rings. The van der Waals surface area contributed by atoms with E-state index >= 15 is 0 Å². The summed E-state index contributed by atoms with van der Waals surface area (Å²) in [4.78, 5) is 13.4. The van der Waals surface area contributed by atoms with E-state index < -0.39 is 10.0 Å². The highest BCUT2D eigenvalue weighted by atomic mass is 32.2. The van der Waals surface area contributed by atoms with Gasteiger partial charge in [0.15, 0.2) is 4.21 Å². The molecule has 0 spiro atoms. The van der Waals surface area contributed by atoms with Crippen LogP contribution in [0.3, 0.4) is 0 Å². The lowest BCUT2D eigenvalue weighted by Gasteiger charge is -2.34. The van der Waals surface area contributed by atoms with Crippen molar-refractivity contribution >= 4 is 21.4 Å². The lowest BCUT2D eigenvalue weighted by molar-refractivity contribution is 0.192. The zero-order chi connectivity index (χ0) is 14.0. The van der Waals surface area contributed by atoms with Crippen molar-refractivity contribution in [3.63, 3.8) is 0 Å². The van der Waals surface area contributed by atoms with Gasteiger partial charge < -0.3 is 10.1 Å². The molecule has 0 aromatic carbocycles. The van der Waals surface area contributed by atoms with Crippen molar-refractivity contribution in [1.29, 1.82) is 0 Å². The number of thiazole rings is 1. The Morgan fingerprint density at radius 3 is 2.79 bits per heavy atom. The van der Waals surface area contributed by atoms with E-state index in [0.717, 1.165) is 30.6 Å². The Labute approximate surface area is 116 Å². The second kappa shape index (κ2) is 5.74. The maximum Gasteiger partial charge on any atom is 0.305 e. The van der Waals surface area contributed by atoms with Gasteiger partial charge in [0.2, 0.25) is 0 Å². The quantitative estimate of drug-likeness (QED) is 0.855. The zero-order valence-electron chi connectivity index (χ0n) is 10.8. The number of piperidine rings is 1. The van der Waals surface area contributed by atoms with E-state index in [4.69, 9.17) is 5.11 Å². The first-order valence-corrected chi connectivity index (χ1v) is 8.55. The highest BCUT2D eigenvalue weighted by Crippen LogP contribution is 2.29. The molecule has 0 aliphatic carbocycles. The Bertz CT molecular complexity index is 588. The number of sulfonamides is 1. The summed E-state index contributed by atoms with van der Waals surface area (Å²) in [5.74, 6) is 0. The Balaban J connectivity index is 2.37. The summed E-state index contributed by atoms with van der Waals surface area (Å²) < 4.78 is 26.7. The van der Waals surface area contributed by atoms with Gasteiger partial charge in [-0.1, -0.05) is 17.8 Å². The van der Waals surface area contributed by atoms with Crippen molar-refractivity contribution in [3.05, 3.63) is 15.4 Å². The molecule has 2 heterocycles. The number of aromatic amines is 1. The van der Waals surface area contributed by atoms with Crippen LogP contribution in [0, 0.1) is 6.92 Å². The molecule has 1 saturated heterocycles. The first-order valence-electron chi connectivity index (χ1n) is 6.29.